The third-order valence-corrected chi connectivity index (χ3v) is 8.30. The minimum Gasteiger partial charge on any atom is -0.396 e. The lowest BCUT2D eigenvalue weighted by atomic mass is 9.98. The van der Waals surface area contributed by atoms with Gasteiger partial charge in [0.15, 0.2) is 5.78 Å². The van der Waals surface area contributed by atoms with Crippen LogP contribution in [-0.4, -0.2) is 73.5 Å². The number of rotatable bonds is 3. The summed E-state index contributed by atoms with van der Waals surface area (Å²) in [6.45, 7) is 2.91. The van der Waals surface area contributed by atoms with Crippen LogP contribution in [0.25, 0.3) is 27.8 Å². The van der Waals surface area contributed by atoms with Gasteiger partial charge < -0.3 is 24.8 Å². The Hall–Kier alpha value is -4.18. The van der Waals surface area contributed by atoms with E-state index in [1.165, 1.54) is 12.1 Å². The van der Waals surface area contributed by atoms with E-state index in [1.54, 1.807) is 11.1 Å². The second kappa shape index (κ2) is 9.23. The van der Waals surface area contributed by atoms with E-state index in [-0.39, 0.29) is 36.7 Å². The summed E-state index contributed by atoms with van der Waals surface area (Å²) >= 11 is 0. The fourth-order valence-corrected chi connectivity index (χ4v) is 6.27. The van der Waals surface area contributed by atoms with E-state index in [0.29, 0.717) is 55.1 Å². The highest BCUT2D eigenvalue weighted by Crippen LogP contribution is 2.37. The van der Waals surface area contributed by atoms with Crippen molar-refractivity contribution in [1.82, 2.24) is 29.1 Å². The zero-order valence-electron chi connectivity index (χ0n) is 21.4. The van der Waals surface area contributed by atoms with Crippen molar-refractivity contribution in [3.8, 4) is 0 Å². The third kappa shape index (κ3) is 3.89. The number of Topliss-reactive ketones (excluding diaryl/α,β-unsaturated/α-hetero) is 1. The number of hydrogen-bond donors (Lipinski definition) is 2. The lowest BCUT2D eigenvalue weighted by Crippen LogP contribution is -2.47. The first-order valence-electron chi connectivity index (χ1n) is 13.4. The zero-order chi connectivity index (χ0) is 26.7. The quantitative estimate of drug-likeness (QED) is 0.426. The van der Waals surface area contributed by atoms with Crippen LogP contribution in [0.1, 0.15) is 29.7 Å². The molecule has 39 heavy (non-hydrogen) atoms. The Kier molecular flexibility index (Phi) is 5.66. The highest BCUT2D eigenvalue weighted by Gasteiger charge is 2.32. The molecular formula is C29H29FN6O3. The summed E-state index contributed by atoms with van der Waals surface area (Å²) < 4.78 is 19.0. The van der Waals surface area contributed by atoms with Gasteiger partial charge in [-0.1, -0.05) is 6.07 Å². The molecule has 4 aromatic rings. The van der Waals surface area contributed by atoms with Gasteiger partial charge in [0.1, 0.15) is 11.5 Å². The van der Waals surface area contributed by atoms with Gasteiger partial charge in [-0.05, 0) is 48.6 Å². The maximum absolute atomic E-state index is 15.1. The number of ketones is 1. The van der Waals surface area contributed by atoms with Crippen LogP contribution in [0.4, 0.5) is 9.18 Å². The summed E-state index contributed by atoms with van der Waals surface area (Å²) in [5, 5.41) is 13.4. The molecule has 3 aliphatic heterocycles. The molecule has 1 aromatic carbocycles. The van der Waals surface area contributed by atoms with Gasteiger partial charge in [0.05, 0.1) is 35.2 Å². The van der Waals surface area contributed by atoms with E-state index in [0.717, 1.165) is 35.1 Å². The van der Waals surface area contributed by atoms with Gasteiger partial charge in [-0.2, -0.15) is 0 Å². The molecule has 0 radical (unpaired) electrons. The van der Waals surface area contributed by atoms with Crippen molar-refractivity contribution >= 4 is 39.6 Å². The van der Waals surface area contributed by atoms with Crippen molar-refractivity contribution in [3.63, 3.8) is 0 Å². The largest absolute Gasteiger partial charge is 0.396 e. The third-order valence-electron chi connectivity index (χ3n) is 8.30. The second-order valence-electron chi connectivity index (χ2n) is 10.6. The normalized spacial score (nSPS) is 18.4. The van der Waals surface area contributed by atoms with Crippen molar-refractivity contribution in [2.45, 2.75) is 25.9 Å². The van der Waals surface area contributed by atoms with E-state index >= 15 is 4.39 Å². The molecule has 0 spiro atoms. The number of aromatic nitrogens is 3. The predicted molar refractivity (Wildman–Crippen MR) is 144 cm³/mol. The van der Waals surface area contributed by atoms with Crippen molar-refractivity contribution in [1.29, 1.82) is 0 Å². The predicted octanol–water partition coefficient (Wildman–Crippen LogP) is 3.11. The highest BCUT2D eigenvalue weighted by molar-refractivity contribution is 6.32. The van der Waals surface area contributed by atoms with E-state index in [1.807, 2.05) is 39.9 Å². The number of urea groups is 1. The molecule has 2 amide bonds. The maximum atomic E-state index is 15.1. The number of aliphatic hydroxyl groups excluding tert-OH is 1. The standard InChI is InChI=1S/C29H29FN6O3/c30-20-11-19-15-35(29(39)33-7-4-18(17-37)5-8-33)10-9-34-16-22(21(12-20)28(19)34)27-26(24(38)14-32-27)23-13-31-25-3-1-2-6-36(23)25/h1-3,6,11-13,16,18,32,37H,4-5,7-10,14-15,17H2. The van der Waals surface area contributed by atoms with Crippen LogP contribution < -0.4 is 5.32 Å². The molecule has 1 saturated heterocycles. The number of imidazole rings is 1. The van der Waals surface area contributed by atoms with Gasteiger partial charge in [-0.3, -0.25) is 9.20 Å². The number of nitrogens with one attached hydrogen (secondary N) is 1. The number of fused-ring (bicyclic) bond motifs is 1. The summed E-state index contributed by atoms with van der Waals surface area (Å²) in [6, 6.07) is 8.67. The van der Waals surface area contributed by atoms with Gasteiger partial charge in [-0.25, -0.2) is 14.2 Å². The molecule has 0 saturated carbocycles. The summed E-state index contributed by atoms with van der Waals surface area (Å²) in [7, 11) is 0. The van der Waals surface area contributed by atoms with Gasteiger partial charge in [0, 0.05) is 62.7 Å². The van der Waals surface area contributed by atoms with Crippen molar-refractivity contribution in [2.75, 3.05) is 32.8 Å². The molecule has 0 aliphatic carbocycles. The Morgan fingerprint density at radius 3 is 2.79 bits per heavy atom. The number of aliphatic hydroxyl groups is 1. The molecule has 3 aliphatic rings. The number of benzene rings is 1. The molecule has 9 nitrogen and oxygen atoms in total. The number of carbonyl (C=O) groups excluding carboxylic acids is 2. The Morgan fingerprint density at radius 1 is 1.13 bits per heavy atom. The summed E-state index contributed by atoms with van der Waals surface area (Å²) in [5.74, 6) is -0.172. The van der Waals surface area contributed by atoms with E-state index < -0.39 is 0 Å². The average molecular weight is 529 g/mol. The minimum atomic E-state index is -0.379. The summed E-state index contributed by atoms with van der Waals surface area (Å²) in [5.41, 5.74) is 5.05. The first-order chi connectivity index (χ1) is 19.0. The Labute approximate surface area is 224 Å². The van der Waals surface area contributed by atoms with Crippen LogP contribution in [0.5, 0.6) is 0 Å². The van der Waals surface area contributed by atoms with Gasteiger partial charge >= 0.3 is 6.03 Å². The van der Waals surface area contributed by atoms with E-state index in [4.69, 9.17) is 0 Å². The molecule has 0 bridgehead atoms. The summed E-state index contributed by atoms with van der Waals surface area (Å²) in [6.07, 6.45) is 7.14. The monoisotopic (exact) mass is 528 g/mol. The van der Waals surface area contributed by atoms with E-state index in [9.17, 15) is 14.7 Å². The Bertz CT molecular complexity index is 1660. The Balaban J connectivity index is 1.28. The molecule has 10 heteroatoms. The molecule has 7 rings (SSSR count). The molecule has 0 atom stereocenters. The zero-order valence-corrected chi connectivity index (χ0v) is 21.4. The van der Waals surface area contributed by atoms with Crippen molar-refractivity contribution in [3.05, 3.63) is 71.6 Å². The van der Waals surface area contributed by atoms with Crippen molar-refractivity contribution < 1.29 is 19.1 Å². The smallest absolute Gasteiger partial charge is 0.320 e. The lowest BCUT2D eigenvalue weighted by molar-refractivity contribution is -0.112. The Morgan fingerprint density at radius 2 is 1.97 bits per heavy atom. The van der Waals surface area contributed by atoms with Crippen LogP contribution >= 0.6 is 0 Å². The van der Waals surface area contributed by atoms with Gasteiger partial charge in [0.2, 0.25) is 0 Å². The number of halogens is 1. The van der Waals surface area contributed by atoms with Gasteiger partial charge in [0.25, 0.3) is 0 Å². The van der Waals surface area contributed by atoms with Crippen LogP contribution in [0.2, 0.25) is 0 Å². The molecule has 1 fully saturated rings. The SMILES string of the molecule is O=C1CNC(c2cn3c4c(cc(F)cc24)CN(C(=O)N2CCC(CO)CC2)CC3)=C1c1cnc2ccccn12. The van der Waals surface area contributed by atoms with E-state index in [2.05, 4.69) is 14.9 Å². The van der Waals surface area contributed by atoms with Crippen LogP contribution in [-0.2, 0) is 17.9 Å². The van der Waals surface area contributed by atoms with Crippen LogP contribution in [0.15, 0.2) is 48.9 Å². The molecule has 200 valence electrons. The molecule has 0 unspecified atom stereocenters. The first kappa shape index (κ1) is 23.9. The fraction of sp³-hybridized carbons (Fsp3) is 0.345. The van der Waals surface area contributed by atoms with Gasteiger partial charge in [-0.15, -0.1) is 0 Å². The molecular weight excluding hydrogens is 499 g/mol. The topological polar surface area (TPSA) is 95.1 Å². The first-order valence-corrected chi connectivity index (χ1v) is 13.4. The second-order valence-corrected chi connectivity index (χ2v) is 10.6. The maximum Gasteiger partial charge on any atom is 0.320 e. The number of pyridine rings is 1. The number of carbonyl (C=O) groups is 2. The highest BCUT2D eigenvalue weighted by atomic mass is 19.1. The molecule has 3 aromatic heterocycles. The van der Waals surface area contributed by atoms with Crippen molar-refractivity contribution in [2.24, 2.45) is 5.92 Å². The number of piperidine rings is 1. The fourth-order valence-electron chi connectivity index (χ4n) is 6.27. The average Bonchev–Trinajstić information content (AvgIpc) is 3.61. The number of nitrogens with zero attached hydrogens (tertiary/aromatic N) is 5. The number of likely N-dealkylation sites (tertiary alicyclic amines) is 1. The molecule has 6 heterocycles. The number of hydrogen-bond acceptors (Lipinski definition) is 5. The molecule has 2 N–H and O–H groups in total. The summed E-state index contributed by atoms with van der Waals surface area (Å²) in [4.78, 5) is 34.6. The minimum absolute atomic E-state index is 0.0398. The van der Waals surface area contributed by atoms with Crippen LogP contribution in [0, 0.1) is 11.7 Å². The lowest BCUT2D eigenvalue weighted by Gasteiger charge is -2.35. The van der Waals surface area contributed by atoms with Crippen LogP contribution in [0.3, 0.4) is 0 Å². The number of amides is 2.